The molecule has 3 rings (SSSR count). The van der Waals surface area contributed by atoms with Crippen LogP contribution < -0.4 is 21.7 Å². The van der Waals surface area contributed by atoms with Gasteiger partial charge in [0, 0.05) is 43.4 Å². The fourth-order valence-corrected chi connectivity index (χ4v) is 3.45. The Morgan fingerprint density at radius 2 is 1.79 bits per heavy atom. The van der Waals surface area contributed by atoms with Crippen molar-refractivity contribution in [2.75, 3.05) is 43.1 Å². The van der Waals surface area contributed by atoms with Crippen molar-refractivity contribution in [2.24, 2.45) is 5.73 Å². The number of primary amides is 1. The maximum atomic E-state index is 11.8. The van der Waals surface area contributed by atoms with E-state index in [1.807, 2.05) is 50.5 Å². The van der Waals surface area contributed by atoms with Crippen LogP contribution >= 0.6 is 11.3 Å². The van der Waals surface area contributed by atoms with Crippen molar-refractivity contribution in [1.29, 1.82) is 0 Å². The Hall–Kier alpha value is -3.17. The van der Waals surface area contributed by atoms with Gasteiger partial charge in [-0.2, -0.15) is 0 Å². The summed E-state index contributed by atoms with van der Waals surface area (Å²) >= 11 is 1.35. The fourth-order valence-electron chi connectivity index (χ4n) is 2.57. The average molecular weight is 412 g/mol. The van der Waals surface area contributed by atoms with E-state index < -0.39 is 5.91 Å². The first-order valence-electron chi connectivity index (χ1n) is 9.20. The first-order valence-corrected chi connectivity index (χ1v) is 10.0. The number of carbonyl (C=O) groups excluding carboxylic acids is 1. The first kappa shape index (κ1) is 20.6. The van der Waals surface area contributed by atoms with Gasteiger partial charge >= 0.3 is 0 Å². The second-order valence-electron chi connectivity index (χ2n) is 6.70. The van der Waals surface area contributed by atoms with Crippen LogP contribution in [0.3, 0.4) is 0 Å². The Kier molecular flexibility index (Phi) is 6.99. The number of thiazole rings is 1. The van der Waals surface area contributed by atoms with Gasteiger partial charge in [-0.15, -0.1) is 0 Å². The van der Waals surface area contributed by atoms with Crippen molar-refractivity contribution in [2.45, 2.75) is 6.54 Å². The van der Waals surface area contributed by atoms with Crippen LogP contribution in [0.5, 0.6) is 0 Å². The Morgan fingerprint density at radius 3 is 2.45 bits per heavy atom. The van der Waals surface area contributed by atoms with E-state index in [9.17, 15) is 4.79 Å². The SMILES string of the molecule is CN(C)CCNc1ccc(CNc2sc(Nc3ccncc3)nc2C(N)=O)cc1. The lowest BCUT2D eigenvalue weighted by atomic mass is 10.2. The van der Waals surface area contributed by atoms with Crippen molar-refractivity contribution >= 4 is 38.8 Å². The van der Waals surface area contributed by atoms with Crippen LogP contribution in [0.15, 0.2) is 48.8 Å². The lowest BCUT2D eigenvalue weighted by Crippen LogP contribution is -2.20. The van der Waals surface area contributed by atoms with E-state index in [1.54, 1.807) is 12.4 Å². The highest BCUT2D eigenvalue weighted by Crippen LogP contribution is 2.30. The van der Waals surface area contributed by atoms with Gasteiger partial charge in [0.1, 0.15) is 5.00 Å². The van der Waals surface area contributed by atoms with E-state index in [1.165, 1.54) is 11.3 Å². The molecule has 0 spiro atoms. The number of benzene rings is 1. The van der Waals surface area contributed by atoms with Gasteiger partial charge < -0.3 is 26.6 Å². The summed E-state index contributed by atoms with van der Waals surface area (Å²) in [6.07, 6.45) is 3.37. The quantitative estimate of drug-likeness (QED) is 0.406. The Labute approximate surface area is 174 Å². The summed E-state index contributed by atoms with van der Waals surface area (Å²) in [4.78, 5) is 22.2. The normalized spacial score (nSPS) is 10.7. The topological polar surface area (TPSA) is 108 Å². The van der Waals surface area contributed by atoms with Crippen LogP contribution in [0.25, 0.3) is 0 Å². The third-order valence-electron chi connectivity index (χ3n) is 4.09. The fraction of sp³-hybridized carbons (Fsp3) is 0.250. The van der Waals surface area contributed by atoms with Crippen LogP contribution in [0.2, 0.25) is 0 Å². The van der Waals surface area contributed by atoms with Crippen molar-refractivity contribution in [1.82, 2.24) is 14.9 Å². The molecule has 1 amide bonds. The number of nitrogens with zero attached hydrogens (tertiary/aromatic N) is 3. The summed E-state index contributed by atoms with van der Waals surface area (Å²) in [5.74, 6) is -0.563. The Bertz CT molecular complexity index is 926. The van der Waals surface area contributed by atoms with E-state index in [4.69, 9.17) is 5.73 Å². The molecule has 0 unspecified atom stereocenters. The molecular weight excluding hydrogens is 386 g/mol. The molecule has 152 valence electrons. The molecule has 0 atom stereocenters. The standard InChI is InChI=1S/C20H25N7OS/c1-27(2)12-11-23-15-5-3-14(4-6-15)13-24-19-17(18(21)28)26-20(29-19)25-16-7-9-22-10-8-16/h3-10,23-24H,11-13H2,1-2H3,(H2,21,28)(H,22,25,26). The molecule has 0 fully saturated rings. The number of carbonyl (C=O) groups is 1. The molecule has 1 aromatic carbocycles. The molecule has 0 aliphatic carbocycles. The van der Waals surface area contributed by atoms with Gasteiger partial charge in [-0.05, 0) is 43.9 Å². The second kappa shape index (κ2) is 9.85. The number of hydrogen-bond acceptors (Lipinski definition) is 8. The molecule has 5 N–H and O–H groups in total. The summed E-state index contributed by atoms with van der Waals surface area (Å²) in [5, 5.41) is 11.0. The van der Waals surface area contributed by atoms with Crippen molar-refractivity contribution in [3.63, 3.8) is 0 Å². The summed E-state index contributed by atoms with van der Waals surface area (Å²) in [5.41, 5.74) is 8.74. The molecule has 0 aliphatic rings. The average Bonchev–Trinajstić information content (AvgIpc) is 3.11. The number of rotatable bonds is 10. The van der Waals surface area contributed by atoms with E-state index in [-0.39, 0.29) is 5.69 Å². The van der Waals surface area contributed by atoms with E-state index >= 15 is 0 Å². The third-order valence-corrected chi connectivity index (χ3v) is 5.02. The van der Waals surface area contributed by atoms with Gasteiger partial charge in [-0.25, -0.2) is 4.98 Å². The smallest absolute Gasteiger partial charge is 0.270 e. The van der Waals surface area contributed by atoms with Crippen LogP contribution in [0, 0.1) is 0 Å². The Balaban J connectivity index is 1.61. The van der Waals surface area contributed by atoms with E-state index in [2.05, 4.69) is 30.8 Å². The lowest BCUT2D eigenvalue weighted by molar-refractivity contribution is 0.0997. The number of likely N-dealkylation sites (N-methyl/N-ethyl adjacent to an activating group) is 1. The van der Waals surface area contributed by atoms with E-state index in [0.29, 0.717) is 16.7 Å². The highest BCUT2D eigenvalue weighted by molar-refractivity contribution is 7.19. The summed E-state index contributed by atoms with van der Waals surface area (Å²) in [6, 6.07) is 11.8. The van der Waals surface area contributed by atoms with Gasteiger partial charge in [0.2, 0.25) is 0 Å². The lowest BCUT2D eigenvalue weighted by Gasteiger charge is -2.12. The highest BCUT2D eigenvalue weighted by atomic mass is 32.1. The van der Waals surface area contributed by atoms with Gasteiger partial charge in [-0.1, -0.05) is 23.5 Å². The van der Waals surface area contributed by atoms with Crippen molar-refractivity contribution in [3.8, 4) is 0 Å². The zero-order valence-electron chi connectivity index (χ0n) is 16.5. The molecule has 9 heteroatoms. The number of hydrogen-bond donors (Lipinski definition) is 4. The summed E-state index contributed by atoms with van der Waals surface area (Å²) in [6.45, 7) is 2.43. The largest absolute Gasteiger partial charge is 0.384 e. The number of anilines is 4. The zero-order chi connectivity index (χ0) is 20.6. The highest BCUT2D eigenvalue weighted by Gasteiger charge is 2.16. The molecule has 29 heavy (non-hydrogen) atoms. The second-order valence-corrected chi connectivity index (χ2v) is 7.70. The minimum atomic E-state index is -0.563. The maximum Gasteiger partial charge on any atom is 0.270 e. The van der Waals surface area contributed by atoms with Gasteiger partial charge in [-0.3, -0.25) is 9.78 Å². The number of nitrogens with two attached hydrogens (primary N) is 1. The van der Waals surface area contributed by atoms with Gasteiger partial charge in [0.15, 0.2) is 10.8 Å². The first-order chi connectivity index (χ1) is 14.0. The molecule has 3 aromatic rings. The molecule has 2 heterocycles. The molecule has 0 saturated carbocycles. The predicted molar refractivity (Wildman–Crippen MR) is 119 cm³/mol. The molecule has 0 saturated heterocycles. The number of nitrogens with one attached hydrogen (secondary N) is 3. The molecule has 0 aliphatic heterocycles. The predicted octanol–water partition coefficient (Wildman–Crippen LogP) is 2.97. The monoisotopic (exact) mass is 411 g/mol. The zero-order valence-corrected chi connectivity index (χ0v) is 17.3. The molecule has 0 radical (unpaired) electrons. The number of pyridine rings is 1. The van der Waals surface area contributed by atoms with Crippen molar-refractivity contribution in [3.05, 3.63) is 60.0 Å². The van der Waals surface area contributed by atoms with E-state index in [0.717, 1.165) is 30.0 Å². The summed E-state index contributed by atoms with van der Waals surface area (Å²) in [7, 11) is 4.10. The molecule has 0 bridgehead atoms. The Morgan fingerprint density at radius 1 is 1.07 bits per heavy atom. The van der Waals surface area contributed by atoms with Crippen LogP contribution in [0.1, 0.15) is 16.1 Å². The van der Waals surface area contributed by atoms with Crippen LogP contribution in [-0.4, -0.2) is 48.0 Å². The van der Waals surface area contributed by atoms with Gasteiger partial charge in [0.05, 0.1) is 0 Å². The van der Waals surface area contributed by atoms with Crippen molar-refractivity contribution < 1.29 is 4.79 Å². The number of aromatic nitrogens is 2. The van der Waals surface area contributed by atoms with Gasteiger partial charge in [0.25, 0.3) is 5.91 Å². The molecule has 2 aromatic heterocycles. The molecule has 8 nitrogen and oxygen atoms in total. The minimum Gasteiger partial charge on any atom is -0.384 e. The van der Waals surface area contributed by atoms with Crippen LogP contribution in [-0.2, 0) is 6.54 Å². The van der Waals surface area contributed by atoms with Crippen LogP contribution in [0.4, 0.5) is 21.5 Å². The third kappa shape index (κ3) is 6.16. The number of amides is 1. The minimum absolute atomic E-state index is 0.230. The maximum absolute atomic E-state index is 11.8. The summed E-state index contributed by atoms with van der Waals surface area (Å²) < 4.78 is 0. The molecular formula is C20H25N7OS.